The Balaban J connectivity index is 1.54. The van der Waals surface area contributed by atoms with E-state index in [2.05, 4.69) is 21.5 Å². The molecule has 0 amide bonds. The van der Waals surface area contributed by atoms with E-state index in [9.17, 15) is 5.26 Å². The maximum Gasteiger partial charge on any atom is 0.268 e. The Hall–Kier alpha value is -3.69. The summed E-state index contributed by atoms with van der Waals surface area (Å²) in [5.41, 5.74) is 3.19. The number of hydrogen-bond donors (Lipinski definition) is 1. The summed E-state index contributed by atoms with van der Waals surface area (Å²) in [4.78, 5) is 5.22. The molecule has 0 aliphatic rings. The zero-order valence-corrected chi connectivity index (χ0v) is 15.0. The van der Waals surface area contributed by atoms with Crippen molar-refractivity contribution in [3.05, 3.63) is 83.6 Å². The van der Waals surface area contributed by atoms with Crippen molar-refractivity contribution in [2.24, 2.45) is 0 Å². The van der Waals surface area contributed by atoms with Crippen molar-refractivity contribution in [3.63, 3.8) is 0 Å². The van der Waals surface area contributed by atoms with Gasteiger partial charge in [-0.05, 0) is 47.4 Å². The van der Waals surface area contributed by atoms with Gasteiger partial charge in [-0.1, -0.05) is 41.6 Å². The molecule has 0 bridgehead atoms. The third kappa shape index (κ3) is 3.94. The average Bonchev–Trinajstić information content (AvgIpc) is 3.40. The van der Waals surface area contributed by atoms with E-state index >= 15 is 0 Å². The second-order valence-electron chi connectivity index (χ2n) is 5.68. The molecule has 0 aliphatic heterocycles. The number of thiophene rings is 1. The summed E-state index contributed by atoms with van der Waals surface area (Å²) in [6, 6.07) is 23.7. The summed E-state index contributed by atoms with van der Waals surface area (Å²) < 4.78 is 5.26. The quantitative estimate of drug-likeness (QED) is 0.462. The first-order chi connectivity index (χ1) is 13.3. The predicted molar refractivity (Wildman–Crippen MR) is 107 cm³/mol. The summed E-state index contributed by atoms with van der Waals surface area (Å²) in [5, 5.41) is 18.7. The molecular formula is C21H14N4OS. The fourth-order valence-electron chi connectivity index (χ4n) is 2.50. The van der Waals surface area contributed by atoms with Gasteiger partial charge >= 0.3 is 0 Å². The molecule has 27 heavy (non-hydrogen) atoms. The SMILES string of the molecule is N#C/C(=C\c1ccc(Nc2ccccc2)cc1)c1nc(-c2cccs2)no1. The van der Waals surface area contributed by atoms with E-state index in [-0.39, 0.29) is 5.89 Å². The van der Waals surface area contributed by atoms with Gasteiger partial charge in [-0.15, -0.1) is 11.3 Å². The number of nitrogens with zero attached hydrogens (tertiary/aromatic N) is 3. The van der Waals surface area contributed by atoms with Gasteiger partial charge in [0.2, 0.25) is 5.82 Å². The molecule has 0 radical (unpaired) electrons. The Morgan fingerprint density at radius 1 is 1.00 bits per heavy atom. The number of hydrogen-bond acceptors (Lipinski definition) is 6. The molecule has 0 saturated carbocycles. The first-order valence-corrected chi connectivity index (χ1v) is 9.12. The van der Waals surface area contributed by atoms with Crippen LogP contribution in [0.25, 0.3) is 22.4 Å². The van der Waals surface area contributed by atoms with E-state index in [1.54, 1.807) is 6.08 Å². The molecule has 5 nitrogen and oxygen atoms in total. The Morgan fingerprint density at radius 3 is 2.48 bits per heavy atom. The number of anilines is 2. The molecule has 4 rings (SSSR count). The molecule has 0 fully saturated rings. The summed E-state index contributed by atoms with van der Waals surface area (Å²) in [6.07, 6.45) is 1.73. The van der Waals surface area contributed by atoms with Crippen molar-refractivity contribution in [2.75, 3.05) is 5.32 Å². The van der Waals surface area contributed by atoms with Crippen LogP contribution in [0.3, 0.4) is 0 Å². The van der Waals surface area contributed by atoms with E-state index in [0.717, 1.165) is 21.8 Å². The van der Waals surface area contributed by atoms with Crippen molar-refractivity contribution in [2.45, 2.75) is 0 Å². The number of nitrogens with one attached hydrogen (secondary N) is 1. The second kappa shape index (κ2) is 7.68. The van der Waals surface area contributed by atoms with E-state index in [4.69, 9.17) is 4.52 Å². The lowest BCUT2D eigenvalue weighted by atomic mass is 10.1. The van der Waals surface area contributed by atoms with Crippen LogP contribution in [0.4, 0.5) is 11.4 Å². The van der Waals surface area contributed by atoms with Crippen molar-refractivity contribution < 1.29 is 4.52 Å². The highest BCUT2D eigenvalue weighted by atomic mass is 32.1. The highest BCUT2D eigenvalue weighted by Crippen LogP contribution is 2.25. The second-order valence-corrected chi connectivity index (χ2v) is 6.63. The van der Waals surface area contributed by atoms with Crippen molar-refractivity contribution in [1.29, 1.82) is 5.26 Å². The monoisotopic (exact) mass is 370 g/mol. The van der Waals surface area contributed by atoms with Gasteiger partial charge in [-0.25, -0.2) is 0 Å². The largest absolute Gasteiger partial charge is 0.356 e. The Bertz CT molecular complexity index is 1090. The van der Waals surface area contributed by atoms with Gasteiger partial charge in [0.05, 0.1) is 4.88 Å². The molecule has 2 aromatic heterocycles. The molecule has 0 spiro atoms. The number of allylic oxidation sites excluding steroid dienone is 1. The van der Waals surface area contributed by atoms with Crippen LogP contribution in [0.5, 0.6) is 0 Å². The average molecular weight is 370 g/mol. The smallest absolute Gasteiger partial charge is 0.268 e. The molecule has 0 atom stereocenters. The zero-order chi connectivity index (χ0) is 18.5. The number of benzene rings is 2. The Kier molecular flexibility index (Phi) is 4.77. The molecule has 0 saturated heterocycles. The van der Waals surface area contributed by atoms with Crippen LogP contribution in [0.2, 0.25) is 0 Å². The van der Waals surface area contributed by atoms with Crippen molar-refractivity contribution >= 4 is 34.4 Å². The highest BCUT2D eigenvalue weighted by Gasteiger charge is 2.13. The van der Waals surface area contributed by atoms with Crippen molar-refractivity contribution in [3.8, 4) is 16.8 Å². The van der Waals surface area contributed by atoms with Crippen LogP contribution in [0, 0.1) is 11.3 Å². The van der Waals surface area contributed by atoms with Crippen LogP contribution < -0.4 is 5.32 Å². The fourth-order valence-corrected chi connectivity index (χ4v) is 3.15. The standard InChI is InChI=1S/C21H14N4OS/c22-14-16(21-24-20(25-26-21)19-7-4-12-27-19)13-15-8-10-18(11-9-15)23-17-5-2-1-3-6-17/h1-13,23H/b16-13+. The first-order valence-electron chi connectivity index (χ1n) is 8.24. The van der Waals surface area contributed by atoms with Crippen LogP contribution >= 0.6 is 11.3 Å². The third-order valence-electron chi connectivity index (χ3n) is 3.80. The topological polar surface area (TPSA) is 74.7 Å². The molecule has 6 heteroatoms. The van der Waals surface area contributed by atoms with Crippen molar-refractivity contribution in [1.82, 2.24) is 10.1 Å². The summed E-state index contributed by atoms with van der Waals surface area (Å²) in [7, 11) is 0. The highest BCUT2D eigenvalue weighted by molar-refractivity contribution is 7.13. The van der Waals surface area contributed by atoms with Gasteiger partial charge in [0.25, 0.3) is 5.89 Å². The minimum atomic E-state index is 0.215. The predicted octanol–water partition coefficient (Wildman–Crippen LogP) is 5.61. The normalized spacial score (nSPS) is 11.1. The number of nitriles is 1. The fraction of sp³-hybridized carbons (Fsp3) is 0. The van der Waals surface area contributed by atoms with Gasteiger partial charge in [0.1, 0.15) is 11.6 Å². The lowest BCUT2D eigenvalue weighted by Gasteiger charge is -2.06. The minimum Gasteiger partial charge on any atom is -0.356 e. The molecule has 2 aromatic carbocycles. The first kappa shape index (κ1) is 16.8. The van der Waals surface area contributed by atoms with Crippen LogP contribution in [-0.2, 0) is 0 Å². The van der Waals surface area contributed by atoms with E-state index in [1.165, 1.54) is 11.3 Å². The number of para-hydroxylation sites is 1. The molecule has 2 heterocycles. The Morgan fingerprint density at radius 2 is 1.78 bits per heavy atom. The van der Waals surface area contributed by atoms with Gasteiger partial charge in [-0.2, -0.15) is 10.2 Å². The molecule has 1 N–H and O–H groups in total. The Labute approximate surface area is 160 Å². The number of aromatic nitrogens is 2. The van der Waals surface area contributed by atoms with E-state index < -0.39 is 0 Å². The lowest BCUT2D eigenvalue weighted by molar-refractivity contribution is 0.409. The maximum atomic E-state index is 9.47. The molecule has 0 aliphatic carbocycles. The van der Waals surface area contributed by atoms with E-state index in [0.29, 0.717) is 11.4 Å². The van der Waals surface area contributed by atoms with Crippen LogP contribution in [0.1, 0.15) is 11.5 Å². The van der Waals surface area contributed by atoms with Crippen LogP contribution in [0.15, 0.2) is 76.6 Å². The van der Waals surface area contributed by atoms with Gasteiger partial charge in [0, 0.05) is 11.4 Å². The van der Waals surface area contributed by atoms with Gasteiger partial charge in [0.15, 0.2) is 0 Å². The molecule has 4 aromatic rings. The molecule has 0 unspecified atom stereocenters. The van der Waals surface area contributed by atoms with Gasteiger partial charge < -0.3 is 9.84 Å². The van der Waals surface area contributed by atoms with E-state index in [1.807, 2.05) is 72.1 Å². The maximum absolute atomic E-state index is 9.47. The van der Waals surface area contributed by atoms with Gasteiger partial charge in [-0.3, -0.25) is 0 Å². The zero-order valence-electron chi connectivity index (χ0n) is 14.2. The summed E-state index contributed by atoms with van der Waals surface area (Å²) in [6.45, 7) is 0. The summed E-state index contributed by atoms with van der Waals surface area (Å²) >= 11 is 1.52. The lowest BCUT2D eigenvalue weighted by Crippen LogP contribution is -1.89. The van der Waals surface area contributed by atoms with Crippen LogP contribution in [-0.4, -0.2) is 10.1 Å². The summed E-state index contributed by atoms with van der Waals surface area (Å²) in [5.74, 6) is 0.705. The molecular weight excluding hydrogens is 356 g/mol. The number of rotatable bonds is 5. The molecule has 130 valence electrons. The minimum absolute atomic E-state index is 0.215. The third-order valence-corrected chi connectivity index (χ3v) is 4.67.